The zero-order valence-corrected chi connectivity index (χ0v) is 18.6. The molecule has 2 heterocycles. The van der Waals surface area contributed by atoms with E-state index < -0.39 is 5.91 Å². The number of nitrogens with zero attached hydrogens (tertiary/aromatic N) is 2. The van der Waals surface area contributed by atoms with Crippen LogP contribution in [-0.2, 0) is 0 Å². The first kappa shape index (κ1) is 21.8. The molecule has 1 amide bonds. The smallest absolute Gasteiger partial charge is 0.277 e. The lowest BCUT2D eigenvalue weighted by Crippen LogP contribution is -2.15. The summed E-state index contributed by atoms with van der Waals surface area (Å²) in [6.07, 6.45) is 2.56. The van der Waals surface area contributed by atoms with E-state index in [1.54, 1.807) is 36.4 Å². The zero-order chi connectivity index (χ0) is 21.8. The predicted octanol–water partition coefficient (Wildman–Crippen LogP) is 6.82. The molecule has 10 heteroatoms. The van der Waals surface area contributed by atoms with Crippen molar-refractivity contribution in [1.82, 2.24) is 9.97 Å². The molecule has 0 fully saturated rings. The summed E-state index contributed by atoms with van der Waals surface area (Å²) in [6, 6.07) is 15.5. The van der Waals surface area contributed by atoms with E-state index in [9.17, 15) is 13.6 Å². The first-order chi connectivity index (χ1) is 15.0. The van der Waals surface area contributed by atoms with Crippen molar-refractivity contribution in [3.63, 3.8) is 0 Å². The number of rotatable bonds is 6. The Balaban J connectivity index is 1.64. The van der Waals surface area contributed by atoms with Crippen molar-refractivity contribution in [3.8, 4) is 0 Å². The Labute approximate surface area is 194 Å². The van der Waals surface area contributed by atoms with Crippen LogP contribution in [0.3, 0.4) is 0 Å². The minimum Gasteiger partial charge on any atom is -0.296 e. The molecule has 2 aromatic heterocycles. The normalized spacial score (nSPS) is 10.8. The molecule has 31 heavy (non-hydrogen) atoms. The monoisotopic (exact) mass is 490 g/mol. The maximum Gasteiger partial charge on any atom is 0.277 e. The molecular weight excluding hydrogens is 480 g/mol. The molecule has 0 saturated heterocycles. The molecule has 0 aliphatic heterocycles. The summed E-state index contributed by atoms with van der Waals surface area (Å²) in [7, 11) is 0. The van der Waals surface area contributed by atoms with E-state index in [1.807, 2.05) is 0 Å². The van der Waals surface area contributed by atoms with Crippen molar-refractivity contribution in [1.29, 1.82) is 0 Å². The first-order valence-electron chi connectivity index (χ1n) is 8.69. The predicted molar refractivity (Wildman–Crippen MR) is 119 cm³/mol. The standard InChI is InChI=1S/C21H11ClF2N3OS3/c22-17-11-25-21(31-17)27-20(28)19-16(29-14-5-1-12(23)2-6-14)9-10-18(26-19)30-15-7-3-13(24)4-8-15/h1-10H,(H,25,27,28). The van der Waals surface area contributed by atoms with Crippen LogP contribution in [0.1, 0.15) is 10.5 Å². The van der Waals surface area contributed by atoms with Gasteiger partial charge >= 0.3 is 0 Å². The number of thiazole rings is 1. The van der Waals surface area contributed by atoms with Gasteiger partial charge in [0.2, 0.25) is 0 Å². The number of carbonyl (C=O) groups is 1. The fraction of sp³-hybridized carbons (Fsp3) is 0. The number of amides is 1. The van der Waals surface area contributed by atoms with Gasteiger partial charge in [0.05, 0.1) is 0 Å². The van der Waals surface area contributed by atoms with Crippen LogP contribution in [0.5, 0.6) is 0 Å². The van der Waals surface area contributed by atoms with Gasteiger partial charge in [0.1, 0.15) is 32.9 Å². The second-order valence-electron chi connectivity index (χ2n) is 5.97. The molecule has 2 aromatic carbocycles. The van der Waals surface area contributed by atoms with Gasteiger partial charge in [-0.2, -0.15) is 0 Å². The van der Waals surface area contributed by atoms with Gasteiger partial charge < -0.3 is 0 Å². The molecule has 4 aromatic rings. The Morgan fingerprint density at radius 3 is 2.13 bits per heavy atom. The molecular formula is C21H11ClF2N3OS3. The van der Waals surface area contributed by atoms with Crippen LogP contribution in [0, 0.1) is 17.8 Å². The van der Waals surface area contributed by atoms with Crippen LogP contribution >= 0.6 is 46.5 Å². The minimum atomic E-state index is -0.467. The lowest BCUT2D eigenvalue weighted by atomic mass is 10.3. The van der Waals surface area contributed by atoms with Crippen molar-refractivity contribution in [2.45, 2.75) is 19.7 Å². The van der Waals surface area contributed by atoms with Crippen molar-refractivity contribution < 1.29 is 13.6 Å². The van der Waals surface area contributed by atoms with Crippen molar-refractivity contribution in [2.75, 3.05) is 5.32 Å². The van der Waals surface area contributed by atoms with Gasteiger partial charge in [-0.05, 0) is 60.7 Å². The summed E-state index contributed by atoms with van der Waals surface area (Å²) in [4.78, 5) is 23.5. The third-order valence-electron chi connectivity index (χ3n) is 3.78. The highest BCUT2D eigenvalue weighted by atomic mass is 35.5. The van der Waals surface area contributed by atoms with E-state index in [-0.39, 0.29) is 17.3 Å². The fourth-order valence-electron chi connectivity index (χ4n) is 2.42. The zero-order valence-electron chi connectivity index (χ0n) is 15.4. The number of halogens is 3. The molecule has 4 nitrogen and oxygen atoms in total. The van der Waals surface area contributed by atoms with E-state index in [1.165, 1.54) is 47.8 Å². The molecule has 0 unspecified atom stereocenters. The molecule has 0 spiro atoms. The summed E-state index contributed by atoms with van der Waals surface area (Å²) < 4.78 is 26.7. The average Bonchev–Trinajstić information content (AvgIpc) is 3.17. The SMILES string of the molecule is O=C(Nc1n[c]c(Cl)s1)c1nc(Sc2ccc(F)cc2)ccc1Sc1ccc(F)cc1. The lowest BCUT2D eigenvalue weighted by molar-refractivity contribution is 0.101. The molecule has 0 aliphatic carbocycles. The molecule has 1 N–H and O–H groups in total. The summed E-state index contributed by atoms with van der Waals surface area (Å²) in [5, 5.41) is 3.53. The van der Waals surface area contributed by atoms with Crippen LogP contribution in [-0.4, -0.2) is 15.9 Å². The summed E-state index contributed by atoms with van der Waals surface area (Å²) in [5.74, 6) is -1.14. The van der Waals surface area contributed by atoms with Gasteiger partial charge in [-0.3, -0.25) is 10.1 Å². The quantitative estimate of drug-likeness (QED) is 0.321. The van der Waals surface area contributed by atoms with Crippen LogP contribution in [0.15, 0.2) is 80.4 Å². The number of hydrogen-bond donors (Lipinski definition) is 1. The Hall–Kier alpha value is -2.46. The molecule has 0 bridgehead atoms. The van der Waals surface area contributed by atoms with E-state index in [0.717, 1.165) is 21.1 Å². The Kier molecular flexibility index (Phi) is 6.86. The molecule has 155 valence electrons. The fourth-order valence-corrected chi connectivity index (χ4v) is 4.86. The van der Waals surface area contributed by atoms with Crippen molar-refractivity contribution >= 4 is 57.5 Å². The Bertz CT molecular complexity index is 1220. The summed E-state index contributed by atoms with van der Waals surface area (Å²) >= 11 is 9.50. The maximum absolute atomic E-state index is 13.2. The highest BCUT2D eigenvalue weighted by Crippen LogP contribution is 2.34. The van der Waals surface area contributed by atoms with Gasteiger partial charge in [-0.15, -0.1) is 0 Å². The number of hydrogen-bond acceptors (Lipinski definition) is 6. The van der Waals surface area contributed by atoms with E-state index >= 15 is 0 Å². The second kappa shape index (κ2) is 9.78. The Morgan fingerprint density at radius 2 is 1.55 bits per heavy atom. The molecule has 0 saturated carbocycles. The topological polar surface area (TPSA) is 54.9 Å². The average molecular weight is 491 g/mol. The number of benzene rings is 2. The third kappa shape index (κ3) is 5.82. The number of nitrogens with one attached hydrogen (secondary N) is 1. The summed E-state index contributed by atoms with van der Waals surface area (Å²) in [6.45, 7) is 0. The van der Waals surface area contributed by atoms with Gasteiger partial charge in [0, 0.05) is 14.7 Å². The highest BCUT2D eigenvalue weighted by Gasteiger charge is 2.18. The van der Waals surface area contributed by atoms with Crippen molar-refractivity contribution in [3.05, 3.63) is 88.5 Å². The number of carbonyl (C=O) groups excluding carboxylic acids is 1. The largest absolute Gasteiger partial charge is 0.296 e. The summed E-state index contributed by atoms with van der Waals surface area (Å²) in [5.41, 5.74) is 0.174. The number of pyridine rings is 1. The second-order valence-corrected chi connectivity index (χ2v) is 9.78. The first-order valence-corrected chi connectivity index (χ1v) is 11.5. The molecule has 4 rings (SSSR count). The van der Waals surface area contributed by atoms with Crippen molar-refractivity contribution in [2.24, 2.45) is 0 Å². The Morgan fingerprint density at radius 1 is 0.935 bits per heavy atom. The maximum atomic E-state index is 13.2. The van der Waals surface area contributed by atoms with Crippen LogP contribution in [0.25, 0.3) is 0 Å². The van der Waals surface area contributed by atoms with Crippen LogP contribution < -0.4 is 5.32 Å². The van der Waals surface area contributed by atoms with E-state index in [2.05, 4.69) is 21.5 Å². The number of aromatic nitrogens is 2. The third-order valence-corrected chi connectivity index (χ3v) is 6.75. The minimum absolute atomic E-state index is 0.174. The van der Waals surface area contributed by atoms with Gasteiger partial charge in [0.25, 0.3) is 5.91 Å². The highest BCUT2D eigenvalue weighted by molar-refractivity contribution is 7.99. The molecule has 1 radical (unpaired) electrons. The lowest BCUT2D eigenvalue weighted by Gasteiger charge is -2.10. The van der Waals surface area contributed by atoms with Gasteiger partial charge in [0.15, 0.2) is 5.13 Å². The molecule has 0 aliphatic rings. The van der Waals surface area contributed by atoms with Gasteiger partial charge in [-0.1, -0.05) is 46.5 Å². The van der Waals surface area contributed by atoms with Crippen LogP contribution in [0.2, 0.25) is 4.34 Å². The van der Waals surface area contributed by atoms with Crippen LogP contribution in [0.4, 0.5) is 13.9 Å². The number of anilines is 1. The molecule has 0 atom stereocenters. The van der Waals surface area contributed by atoms with E-state index in [0.29, 0.717) is 19.4 Å². The van der Waals surface area contributed by atoms with E-state index in [4.69, 9.17) is 11.6 Å². The van der Waals surface area contributed by atoms with Gasteiger partial charge in [-0.25, -0.2) is 18.7 Å².